The van der Waals surface area contributed by atoms with Crippen LogP contribution >= 0.6 is 0 Å². The maximum absolute atomic E-state index is 12.4. The lowest BCUT2D eigenvalue weighted by Crippen LogP contribution is -2.52. The number of carboxylic acids is 1. The third-order valence-corrected chi connectivity index (χ3v) is 4.25. The van der Waals surface area contributed by atoms with E-state index in [1.807, 2.05) is 18.2 Å². The fraction of sp³-hybridized carbons (Fsp3) is 0.529. The van der Waals surface area contributed by atoms with E-state index >= 15 is 0 Å². The van der Waals surface area contributed by atoms with Crippen LogP contribution in [0.2, 0.25) is 0 Å². The van der Waals surface area contributed by atoms with Gasteiger partial charge in [0, 0.05) is 13.0 Å². The number of aliphatic carboxylic acids is 1. The predicted molar refractivity (Wildman–Crippen MR) is 82.7 cm³/mol. The van der Waals surface area contributed by atoms with E-state index in [1.54, 1.807) is 0 Å². The first-order valence-corrected chi connectivity index (χ1v) is 7.57. The maximum atomic E-state index is 12.4. The van der Waals surface area contributed by atoms with Crippen molar-refractivity contribution in [3.63, 3.8) is 0 Å². The quantitative estimate of drug-likeness (QED) is 0.904. The molecule has 0 bridgehead atoms. The zero-order chi connectivity index (χ0) is 16.2. The highest BCUT2D eigenvalue weighted by Crippen LogP contribution is 2.28. The van der Waals surface area contributed by atoms with Gasteiger partial charge in [-0.2, -0.15) is 0 Å². The van der Waals surface area contributed by atoms with Gasteiger partial charge in [0.25, 0.3) is 0 Å². The first-order chi connectivity index (χ1) is 10.4. The molecule has 1 unspecified atom stereocenters. The van der Waals surface area contributed by atoms with Gasteiger partial charge in [0.1, 0.15) is 0 Å². The van der Waals surface area contributed by atoms with Crippen LogP contribution in [0.3, 0.4) is 0 Å². The van der Waals surface area contributed by atoms with Gasteiger partial charge in [-0.1, -0.05) is 44.2 Å². The molecule has 0 saturated carbocycles. The average Bonchev–Trinajstić information content (AvgIpc) is 2.53. The van der Waals surface area contributed by atoms with Gasteiger partial charge in [-0.25, -0.2) is 4.79 Å². The van der Waals surface area contributed by atoms with Gasteiger partial charge >= 0.3 is 5.97 Å². The Kier molecular flexibility index (Phi) is 5.19. The molecular weight excluding hydrogens is 282 g/mol. The van der Waals surface area contributed by atoms with Gasteiger partial charge in [-0.05, 0) is 17.4 Å². The number of benzene rings is 1. The van der Waals surface area contributed by atoms with E-state index < -0.39 is 12.0 Å². The van der Waals surface area contributed by atoms with Crippen LogP contribution in [0.1, 0.15) is 32.3 Å². The van der Waals surface area contributed by atoms with Crippen molar-refractivity contribution in [2.75, 3.05) is 19.8 Å². The Morgan fingerprint density at radius 2 is 2.00 bits per heavy atom. The molecule has 5 nitrogen and oxygen atoms in total. The summed E-state index contributed by atoms with van der Waals surface area (Å²) in [5.41, 5.74) is 1.06. The molecule has 1 aromatic carbocycles. The Labute approximate surface area is 130 Å². The summed E-state index contributed by atoms with van der Waals surface area (Å²) in [4.78, 5) is 25.1. The van der Waals surface area contributed by atoms with Gasteiger partial charge in [-0.3, -0.25) is 4.79 Å². The minimum Gasteiger partial charge on any atom is -0.480 e. The van der Waals surface area contributed by atoms with Crippen molar-refractivity contribution >= 4 is 11.9 Å². The fourth-order valence-corrected chi connectivity index (χ4v) is 2.70. The van der Waals surface area contributed by atoms with Crippen LogP contribution in [-0.4, -0.2) is 47.7 Å². The molecule has 0 aromatic heterocycles. The van der Waals surface area contributed by atoms with E-state index in [2.05, 4.69) is 26.0 Å². The van der Waals surface area contributed by atoms with Crippen LogP contribution in [0.4, 0.5) is 0 Å². The standard InChI is InChI=1S/C17H23NO4/c1-17(2,13-6-4-3-5-7-13)9-8-15(19)18-10-11-22-12-14(18)16(20)21/h3-7,14H,8-12H2,1-2H3,(H,20,21). The van der Waals surface area contributed by atoms with Crippen molar-refractivity contribution < 1.29 is 19.4 Å². The van der Waals surface area contributed by atoms with Gasteiger partial charge in [0.15, 0.2) is 6.04 Å². The van der Waals surface area contributed by atoms with E-state index in [9.17, 15) is 14.7 Å². The lowest BCUT2D eigenvalue weighted by molar-refractivity contribution is -0.158. The highest BCUT2D eigenvalue weighted by molar-refractivity contribution is 5.84. The number of carbonyl (C=O) groups is 2. The molecular formula is C17H23NO4. The normalized spacial score (nSPS) is 19.0. The second-order valence-corrected chi connectivity index (χ2v) is 6.27. The summed E-state index contributed by atoms with van der Waals surface area (Å²) in [7, 11) is 0. The monoisotopic (exact) mass is 305 g/mol. The van der Waals surface area contributed by atoms with Crippen LogP contribution < -0.4 is 0 Å². The molecule has 0 radical (unpaired) electrons. The van der Waals surface area contributed by atoms with E-state index in [0.29, 0.717) is 26.0 Å². The molecule has 0 spiro atoms. The third kappa shape index (κ3) is 3.85. The second kappa shape index (κ2) is 6.92. The Morgan fingerprint density at radius 3 is 2.64 bits per heavy atom. The Bertz CT molecular complexity index is 527. The van der Waals surface area contributed by atoms with E-state index in [0.717, 1.165) is 0 Å². The van der Waals surface area contributed by atoms with Gasteiger partial charge in [0.2, 0.25) is 5.91 Å². The zero-order valence-electron chi connectivity index (χ0n) is 13.1. The number of carbonyl (C=O) groups excluding carboxylic acids is 1. The number of hydrogen-bond acceptors (Lipinski definition) is 3. The number of morpholine rings is 1. The van der Waals surface area contributed by atoms with Crippen LogP contribution in [0.5, 0.6) is 0 Å². The molecule has 1 aliphatic heterocycles. The van der Waals surface area contributed by atoms with Crippen molar-refractivity contribution in [3.8, 4) is 0 Å². The summed E-state index contributed by atoms with van der Waals surface area (Å²) >= 11 is 0. The molecule has 1 atom stereocenters. The summed E-state index contributed by atoms with van der Waals surface area (Å²) in [6, 6.07) is 9.19. The van der Waals surface area contributed by atoms with E-state index in [1.165, 1.54) is 10.5 Å². The molecule has 1 heterocycles. The average molecular weight is 305 g/mol. The third-order valence-electron chi connectivity index (χ3n) is 4.25. The minimum atomic E-state index is -1.00. The van der Waals surface area contributed by atoms with Gasteiger partial charge in [-0.15, -0.1) is 0 Å². The van der Waals surface area contributed by atoms with Crippen LogP contribution in [0.15, 0.2) is 30.3 Å². The van der Waals surface area contributed by atoms with Crippen molar-refractivity contribution in [2.24, 2.45) is 0 Å². The molecule has 1 aliphatic rings. The smallest absolute Gasteiger partial charge is 0.328 e. The molecule has 1 N–H and O–H groups in total. The number of amides is 1. The summed E-state index contributed by atoms with van der Waals surface area (Å²) in [6.07, 6.45) is 1.02. The topological polar surface area (TPSA) is 66.8 Å². The summed E-state index contributed by atoms with van der Waals surface area (Å²) < 4.78 is 5.16. The molecule has 2 rings (SSSR count). The molecule has 0 aliphatic carbocycles. The van der Waals surface area contributed by atoms with Crippen molar-refractivity contribution in [1.29, 1.82) is 0 Å². The molecule has 5 heteroatoms. The highest BCUT2D eigenvalue weighted by Gasteiger charge is 2.33. The largest absolute Gasteiger partial charge is 0.480 e. The second-order valence-electron chi connectivity index (χ2n) is 6.27. The first kappa shape index (κ1) is 16.5. The molecule has 1 aromatic rings. The van der Waals surface area contributed by atoms with Gasteiger partial charge in [0.05, 0.1) is 13.2 Å². The SMILES string of the molecule is CC(C)(CCC(=O)N1CCOCC1C(=O)O)c1ccccc1. The number of carboxylic acid groups (broad SMARTS) is 1. The predicted octanol–water partition coefficient (Wildman–Crippen LogP) is 2.06. The lowest BCUT2D eigenvalue weighted by Gasteiger charge is -2.34. The van der Waals surface area contributed by atoms with Crippen LogP contribution in [0.25, 0.3) is 0 Å². The van der Waals surface area contributed by atoms with Crippen LogP contribution in [0, 0.1) is 0 Å². The number of rotatable bonds is 5. The molecule has 120 valence electrons. The summed E-state index contributed by atoms with van der Waals surface area (Å²) in [5, 5.41) is 9.19. The van der Waals surface area contributed by atoms with Crippen LogP contribution in [-0.2, 0) is 19.7 Å². The Balaban J connectivity index is 1.98. The Morgan fingerprint density at radius 1 is 1.32 bits per heavy atom. The van der Waals surface area contributed by atoms with E-state index in [-0.39, 0.29) is 17.9 Å². The molecule has 1 amide bonds. The molecule has 1 saturated heterocycles. The molecule has 1 fully saturated rings. The highest BCUT2D eigenvalue weighted by atomic mass is 16.5. The number of nitrogens with zero attached hydrogens (tertiary/aromatic N) is 1. The summed E-state index contributed by atoms with van der Waals surface area (Å²) in [6.45, 7) is 5.02. The number of ether oxygens (including phenoxy) is 1. The Hall–Kier alpha value is -1.88. The fourth-order valence-electron chi connectivity index (χ4n) is 2.70. The maximum Gasteiger partial charge on any atom is 0.328 e. The number of hydrogen-bond donors (Lipinski definition) is 1. The minimum absolute atomic E-state index is 0.0726. The van der Waals surface area contributed by atoms with E-state index in [4.69, 9.17) is 4.74 Å². The van der Waals surface area contributed by atoms with Crippen molar-refractivity contribution in [2.45, 2.75) is 38.1 Å². The molecule has 22 heavy (non-hydrogen) atoms. The van der Waals surface area contributed by atoms with Crippen molar-refractivity contribution in [3.05, 3.63) is 35.9 Å². The van der Waals surface area contributed by atoms with Crippen molar-refractivity contribution in [1.82, 2.24) is 4.90 Å². The van der Waals surface area contributed by atoms with Gasteiger partial charge < -0.3 is 14.7 Å². The summed E-state index contributed by atoms with van der Waals surface area (Å²) in [5.74, 6) is -1.12. The zero-order valence-corrected chi connectivity index (χ0v) is 13.1. The lowest BCUT2D eigenvalue weighted by atomic mass is 9.80. The first-order valence-electron chi connectivity index (χ1n) is 7.57.